The van der Waals surface area contributed by atoms with Gasteiger partial charge in [0.25, 0.3) is 0 Å². The van der Waals surface area contributed by atoms with E-state index in [1.54, 1.807) is 12.1 Å². The molecule has 2 N–H and O–H groups in total. The number of carbonyl (C=O) groups excluding carboxylic acids is 1. The van der Waals surface area contributed by atoms with Crippen molar-refractivity contribution < 1.29 is 14.3 Å². The second-order valence-electron chi connectivity index (χ2n) is 6.36. The zero-order chi connectivity index (χ0) is 15.5. The van der Waals surface area contributed by atoms with Gasteiger partial charge in [0.2, 0.25) is 5.91 Å². The zero-order valence-electron chi connectivity index (χ0n) is 12.7. The van der Waals surface area contributed by atoms with Gasteiger partial charge in [-0.05, 0) is 56.4 Å². The van der Waals surface area contributed by atoms with E-state index in [2.05, 4.69) is 5.32 Å². The van der Waals surface area contributed by atoms with E-state index in [-0.39, 0.29) is 17.6 Å². The van der Waals surface area contributed by atoms with E-state index in [4.69, 9.17) is 0 Å². The minimum Gasteiger partial charge on any atom is -0.392 e. The lowest BCUT2D eigenvalue weighted by Crippen LogP contribution is -2.46. The third kappa shape index (κ3) is 3.40. The number of aliphatic hydroxyl groups excluding tert-OH is 1. The third-order valence-corrected chi connectivity index (χ3v) is 4.82. The van der Waals surface area contributed by atoms with Gasteiger partial charge < -0.3 is 15.3 Å². The first kappa shape index (κ1) is 15.3. The SMILES string of the molecule is O=C(C1CCCC1O)N1CCC(Nc2ccc(F)cc2)CC1. The summed E-state index contributed by atoms with van der Waals surface area (Å²) in [7, 11) is 0. The Kier molecular flexibility index (Phi) is 4.62. The average molecular weight is 306 g/mol. The molecule has 2 aliphatic rings. The predicted octanol–water partition coefficient (Wildman–Crippen LogP) is 2.39. The quantitative estimate of drug-likeness (QED) is 0.901. The number of aliphatic hydroxyl groups is 1. The first-order valence-electron chi connectivity index (χ1n) is 8.12. The number of hydrogen-bond donors (Lipinski definition) is 2. The van der Waals surface area contributed by atoms with Crippen molar-refractivity contribution in [2.75, 3.05) is 18.4 Å². The summed E-state index contributed by atoms with van der Waals surface area (Å²) >= 11 is 0. The Morgan fingerprint density at radius 2 is 1.82 bits per heavy atom. The highest BCUT2D eigenvalue weighted by atomic mass is 19.1. The first-order valence-corrected chi connectivity index (χ1v) is 8.12. The highest BCUT2D eigenvalue weighted by Crippen LogP contribution is 2.28. The minimum absolute atomic E-state index is 0.116. The van der Waals surface area contributed by atoms with Crippen LogP contribution in [0, 0.1) is 11.7 Å². The van der Waals surface area contributed by atoms with Crippen LogP contribution < -0.4 is 5.32 Å². The van der Waals surface area contributed by atoms with Crippen LogP contribution in [0.1, 0.15) is 32.1 Å². The molecule has 1 saturated heterocycles. The molecule has 120 valence electrons. The van der Waals surface area contributed by atoms with E-state index in [0.29, 0.717) is 6.04 Å². The Balaban J connectivity index is 1.49. The summed E-state index contributed by atoms with van der Waals surface area (Å²) in [4.78, 5) is 14.3. The zero-order valence-corrected chi connectivity index (χ0v) is 12.7. The van der Waals surface area contributed by atoms with E-state index in [9.17, 15) is 14.3 Å². The van der Waals surface area contributed by atoms with Gasteiger partial charge in [-0.1, -0.05) is 0 Å². The summed E-state index contributed by atoms with van der Waals surface area (Å²) in [6, 6.07) is 6.68. The van der Waals surface area contributed by atoms with E-state index in [1.165, 1.54) is 12.1 Å². The van der Waals surface area contributed by atoms with E-state index in [0.717, 1.165) is 50.9 Å². The van der Waals surface area contributed by atoms with Crippen molar-refractivity contribution in [3.8, 4) is 0 Å². The molecule has 4 nitrogen and oxygen atoms in total. The molecule has 1 saturated carbocycles. The number of likely N-dealkylation sites (tertiary alicyclic amines) is 1. The Labute approximate surface area is 130 Å². The van der Waals surface area contributed by atoms with Crippen molar-refractivity contribution in [1.82, 2.24) is 4.90 Å². The van der Waals surface area contributed by atoms with Crippen molar-refractivity contribution in [3.05, 3.63) is 30.1 Å². The average Bonchev–Trinajstić information content (AvgIpc) is 2.96. The van der Waals surface area contributed by atoms with Crippen LogP contribution in [0.15, 0.2) is 24.3 Å². The maximum atomic E-state index is 12.9. The van der Waals surface area contributed by atoms with Gasteiger partial charge in [0.05, 0.1) is 12.0 Å². The Hall–Kier alpha value is -1.62. The highest BCUT2D eigenvalue weighted by molar-refractivity contribution is 5.79. The van der Waals surface area contributed by atoms with Crippen molar-refractivity contribution in [1.29, 1.82) is 0 Å². The lowest BCUT2D eigenvalue weighted by atomic mass is 9.99. The van der Waals surface area contributed by atoms with Gasteiger partial charge in [-0.25, -0.2) is 4.39 Å². The standard InChI is InChI=1S/C17H23FN2O2/c18-12-4-6-13(7-5-12)19-14-8-10-20(11-9-14)17(22)15-2-1-3-16(15)21/h4-7,14-16,19,21H,1-3,8-11H2. The molecule has 2 atom stereocenters. The van der Waals surface area contributed by atoms with Gasteiger partial charge >= 0.3 is 0 Å². The summed E-state index contributed by atoms with van der Waals surface area (Å²) in [5, 5.41) is 13.3. The molecule has 2 unspecified atom stereocenters. The summed E-state index contributed by atoms with van der Waals surface area (Å²) in [5.74, 6) is -0.312. The lowest BCUT2D eigenvalue weighted by Gasteiger charge is -2.34. The molecule has 2 fully saturated rings. The minimum atomic E-state index is -0.456. The number of anilines is 1. The summed E-state index contributed by atoms with van der Waals surface area (Å²) in [6.45, 7) is 1.45. The van der Waals surface area contributed by atoms with Crippen LogP contribution in [-0.2, 0) is 4.79 Å². The predicted molar refractivity (Wildman–Crippen MR) is 83.0 cm³/mol. The number of halogens is 1. The summed E-state index contributed by atoms with van der Waals surface area (Å²) in [5.41, 5.74) is 0.914. The first-order chi connectivity index (χ1) is 10.6. The van der Waals surface area contributed by atoms with Crippen LogP contribution in [0.2, 0.25) is 0 Å². The molecule has 1 amide bonds. The lowest BCUT2D eigenvalue weighted by molar-refractivity contribution is -0.139. The van der Waals surface area contributed by atoms with E-state index < -0.39 is 6.10 Å². The second-order valence-corrected chi connectivity index (χ2v) is 6.36. The van der Waals surface area contributed by atoms with Crippen molar-refractivity contribution >= 4 is 11.6 Å². The smallest absolute Gasteiger partial charge is 0.228 e. The van der Waals surface area contributed by atoms with Crippen molar-refractivity contribution in [2.24, 2.45) is 5.92 Å². The van der Waals surface area contributed by atoms with Gasteiger partial charge in [-0.2, -0.15) is 0 Å². The molecule has 1 heterocycles. The van der Waals surface area contributed by atoms with Crippen LogP contribution in [0.25, 0.3) is 0 Å². The normalized spacial score (nSPS) is 26.2. The van der Waals surface area contributed by atoms with Gasteiger partial charge in [-0.3, -0.25) is 4.79 Å². The fourth-order valence-corrected chi connectivity index (χ4v) is 3.49. The number of rotatable bonds is 3. The molecular weight excluding hydrogens is 283 g/mol. The van der Waals surface area contributed by atoms with Gasteiger partial charge in [0.15, 0.2) is 0 Å². The molecule has 0 spiro atoms. The van der Waals surface area contributed by atoms with Crippen LogP contribution in [0.4, 0.5) is 10.1 Å². The van der Waals surface area contributed by atoms with Crippen molar-refractivity contribution in [3.63, 3.8) is 0 Å². The molecule has 0 radical (unpaired) electrons. The summed E-state index contributed by atoms with van der Waals surface area (Å²) < 4.78 is 12.9. The number of nitrogens with one attached hydrogen (secondary N) is 1. The van der Waals surface area contributed by atoms with E-state index in [1.807, 2.05) is 4.90 Å². The number of hydrogen-bond acceptors (Lipinski definition) is 3. The molecule has 1 aliphatic heterocycles. The topological polar surface area (TPSA) is 52.6 Å². The van der Waals surface area contributed by atoms with Crippen LogP contribution >= 0.6 is 0 Å². The maximum Gasteiger partial charge on any atom is 0.228 e. The second kappa shape index (κ2) is 6.65. The molecule has 0 bridgehead atoms. The Bertz CT molecular complexity index is 512. The van der Waals surface area contributed by atoms with E-state index >= 15 is 0 Å². The molecule has 0 aromatic heterocycles. The fourth-order valence-electron chi connectivity index (χ4n) is 3.49. The summed E-state index contributed by atoms with van der Waals surface area (Å²) in [6.07, 6.45) is 3.81. The highest BCUT2D eigenvalue weighted by Gasteiger charge is 2.35. The molecular formula is C17H23FN2O2. The largest absolute Gasteiger partial charge is 0.392 e. The van der Waals surface area contributed by atoms with Crippen LogP contribution in [0.3, 0.4) is 0 Å². The fraction of sp³-hybridized carbons (Fsp3) is 0.588. The number of amides is 1. The van der Waals surface area contributed by atoms with Crippen LogP contribution in [-0.4, -0.2) is 41.1 Å². The van der Waals surface area contributed by atoms with Gasteiger partial charge in [0, 0.05) is 24.8 Å². The van der Waals surface area contributed by atoms with Crippen molar-refractivity contribution in [2.45, 2.75) is 44.2 Å². The van der Waals surface area contributed by atoms with Gasteiger partial charge in [-0.15, -0.1) is 0 Å². The van der Waals surface area contributed by atoms with Crippen LogP contribution in [0.5, 0.6) is 0 Å². The molecule has 1 aromatic carbocycles. The molecule has 1 aliphatic carbocycles. The Morgan fingerprint density at radius 1 is 1.14 bits per heavy atom. The third-order valence-electron chi connectivity index (χ3n) is 4.82. The number of carbonyl (C=O) groups is 1. The van der Waals surface area contributed by atoms with Gasteiger partial charge in [0.1, 0.15) is 5.82 Å². The monoisotopic (exact) mass is 306 g/mol. The molecule has 1 aromatic rings. The molecule has 22 heavy (non-hydrogen) atoms. The maximum absolute atomic E-state index is 12.9. The number of benzene rings is 1. The number of piperidine rings is 1. The number of nitrogens with zero attached hydrogens (tertiary/aromatic N) is 1. The molecule has 5 heteroatoms. The molecule has 3 rings (SSSR count). The Morgan fingerprint density at radius 3 is 2.41 bits per heavy atom.